The van der Waals surface area contributed by atoms with Crippen LogP contribution in [-0.4, -0.2) is 83.3 Å². The number of halogens is 3. The zero-order valence-electron chi connectivity index (χ0n) is 17.3. The summed E-state index contributed by atoms with van der Waals surface area (Å²) >= 11 is 0. The maximum Gasteiger partial charge on any atom is 0.257 e. The Morgan fingerprint density at radius 1 is 1.32 bits per heavy atom. The first kappa shape index (κ1) is 23.3. The lowest BCUT2D eigenvalue weighted by Crippen LogP contribution is -2.38. The van der Waals surface area contributed by atoms with Gasteiger partial charge in [-0.1, -0.05) is 0 Å². The molecule has 3 rings (SSSR count). The van der Waals surface area contributed by atoms with Crippen molar-refractivity contribution in [3.05, 3.63) is 24.2 Å². The number of anilines is 3. The van der Waals surface area contributed by atoms with E-state index in [2.05, 4.69) is 25.7 Å². The molecule has 1 saturated heterocycles. The van der Waals surface area contributed by atoms with E-state index in [-0.39, 0.29) is 30.8 Å². The van der Waals surface area contributed by atoms with E-state index < -0.39 is 29.0 Å². The Morgan fingerprint density at radius 3 is 2.81 bits per heavy atom. The molecule has 9 nitrogen and oxygen atoms in total. The molecule has 31 heavy (non-hydrogen) atoms. The van der Waals surface area contributed by atoms with Crippen molar-refractivity contribution < 1.29 is 21.6 Å². The Morgan fingerprint density at radius 2 is 2.10 bits per heavy atom. The van der Waals surface area contributed by atoms with Crippen molar-refractivity contribution in [3.8, 4) is 0 Å². The molecular weight excluding hydrogens is 435 g/mol. The summed E-state index contributed by atoms with van der Waals surface area (Å²) in [6.45, 7) is 2.20. The highest BCUT2D eigenvalue weighted by Gasteiger charge is 2.32. The molecule has 1 aliphatic heterocycles. The number of hydrogen-bond donors (Lipinski definition) is 2. The van der Waals surface area contributed by atoms with Gasteiger partial charge in [-0.15, -0.1) is 0 Å². The summed E-state index contributed by atoms with van der Waals surface area (Å²) in [5.41, 5.74) is 1.25. The summed E-state index contributed by atoms with van der Waals surface area (Å²) in [7, 11) is -3.13. The fourth-order valence-corrected chi connectivity index (χ4v) is 3.95. The molecular formula is C18H26F3N7O2S. The molecule has 1 fully saturated rings. The van der Waals surface area contributed by atoms with E-state index in [0.29, 0.717) is 24.5 Å². The van der Waals surface area contributed by atoms with Gasteiger partial charge in [-0.05, 0) is 13.3 Å². The minimum atomic E-state index is -3.13. The molecule has 0 bridgehead atoms. The van der Waals surface area contributed by atoms with Gasteiger partial charge in [0.1, 0.15) is 28.4 Å². The first-order chi connectivity index (χ1) is 14.6. The van der Waals surface area contributed by atoms with Gasteiger partial charge >= 0.3 is 0 Å². The summed E-state index contributed by atoms with van der Waals surface area (Å²) in [5, 5.41) is 9.96. The number of aryl methyl sites for hydroxylation is 1. The average Bonchev–Trinajstić information content (AvgIpc) is 3.25. The van der Waals surface area contributed by atoms with Crippen LogP contribution in [0.1, 0.15) is 12.0 Å². The first-order valence-corrected chi connectivity index (χ1v) is 11.9. The van der Waals surface area contributed by atoms with Crippen LogP contribution in [0.4, 0.5) is 30.6 Å². The molecule has 3 heterocycles. The molecule has 0 amide bonds. The van der Waals surface area contributed by atoms with Crippen LogP contribution in [0.3, 0.4) is 0 Å². The van der Waals surface area contributed by atoms with Gasteiger partial charge in [-0.2, -0.15) is 10.1 Å². The second-order valence-corrected chi connectivity index (χ2v) is 9.94. The second kappa shape index (κ2) is 9.81. The van der Waals surface area contributed by atoms with Crippen LogP contribution < -0.4 is 10.6 Å². The normalized spacial score (nSPS) is 19.8. The lowest BCUT2D eigenvalue weighted by Gasteiger charge is -2.24. The minimum absolute atomic E-state index is 0.0178. The van der Waals surface area contributed by atoms with Crippen LogP contribution in [-0.2, 0) is 16.4 Å². The summed E-state index contributed by atoms with van der Waals surface area (Å²) in [5.74, 6) is 0.784. The summed E-state index contributed by atoms with van der Waals surface area (Å²) in [6.07, 6.45) is 2.42. The van der Waals surface area contributed by atoms with E-state index in [1.165, 1.54) is 18.6 Å². The van der Waals surface area contributed by atoms with Crippen molar-refractivity contribution >= 4 is 27.3 Å². The molecule has 0 aromatic carbocycles. The van der Waals surface area contributed by atoms with Gasteiger partial charge in [0.15, 0.2) is 0 Å². The molecule has 172 valence electrons. The minimum Gasteiger partial charge on any atom is -0.368 e. The summed E-state index contributed by atoms with van der Waals surface area (Å²) in [4.78, 5) is 10.4. The van der Waals surface area contributed by atoms with Gasteiger partial charge in [-0.25, -0.2) is 26.6 Å². The van der Waals surface area contributed by atoms with Gasteiger partial charge in [0.05, 0.1) is 17.6 Å². The molecule has 0 radical (unpaired) electrons. The number of likely N-dealkylation sites (tertiary alicyclic amines) is 1. The van der Waals surface area contributed by atoms with E-state index in [4.69, 9.17) is 0 Å². The lowest BCUT2D eigenvalue weighted by atomic mass is 10.2. The van der Waals surface area contributed by atoms with Crippen LogP contribution >= 0.6 is 0 Å². The smallest absolute Gasteiger partial charge is 0.257 e. The van der Waals surface area contributed by atoms with Gasteiger partial charge in [0, 0.05) is 49.9 Å². The van der Waals surface area contributed by atoms with E-state index >= 15 is 0 Å². The standard InChI is InChI=1S/C18H26F3N7O2S/c1-12-6-23-18(25-14-7-24-28(10-14)11-16(20)21)26-17(12)22-8-15-5-13(19)9-27(15)3-4-31(2,29)30/h6-7,10,13,15-16H,3-5,8-9,11H2,1-2H3,(H2,22,23,25,26)/t13-,15-/m0/s1. The van der Waals surface area contributed by atoms with Gasteiger partial charge in [-0.3, -0.25) is 9.58 Å². The van der Waals surface area contributed by atoms with Gasteiger partial charge in [0.2, 0.25) is 5.95 Å². The zero-order chi connectivity index (χ0) is 22.6. The third-order valence-corrected chi connectivity index (χ3v) is 5.84. The number of alkyl halides is 3. The number of rotatable bonds is 10. The van der Waals surface area contributed by atoms with Crippen LogP contribution in [0.15, 0.2) is 18.6 Å². The van der Waals surface area contributed by atoms with Crippen molar-refractivity contribution in [2.24, 2.45) is 0 Å². The maximum absolute atomic E-state index is 13.9. The number of sulfone groups is 1. The molecule has 13 heteroatoms. The van der Waals surface area contributed by atoms with Crippen LogP contribution in [0.5, 0.6) is 0 Å². The van der Waals surface area contributed by atoms with Crippen LogP contribution in [0.25, 0.3) is 0 Å². The topological polar surface area (TPSA) is 105 Å². The van der Waals surface area contributed by atoms with E-state index in [9.17, 15) is 21.6 Å². The highest BCUT2D eigenvalue weighted by Crippen LogP contribution is 2.22. The van der Waals surface area contributed by atoms with Crippen molar-refractivity contribution in [3.63, 3.8) is 0 Å². The average molecular weight is 462 g/mol. The van der Waals surface area contributed by atoms with E-state index in [1.807, 2.05) is 11.8 Å². The van der Waals surface area contributed by atoms with Gasteiger partial charge in [0.25, 0.3) is 6.43 Å². The lowest BCUT2D eigenvalue weighted by molar-refractivity contribution is 0.122. The Labute approximate surface area is 179 Å². The third-order valence-electron chi connectivity index (χ3n) is 4.92. The monoisotopic (exact) mass is 461 g/mol. The van der Waals surface area contributed by atoms with Crippen LogP contribution in [0, 0.1) is 6.92 Å². The summed E-state index contributed by atoms with van der Waals surface area (Å²) in [6, 6.07) is -0.157. The molecule has 2 aromatic heterocycles. The zero-order valence-corrected chi connectivity index (χ0v) is 18.1. The first-order valence-electron chi connectivity index (χ1n) is 9.80. The number of hydrogen-bond acceptors (Lipinski definition) is 8. The molecule has 2 N–H and O–H groups in total. The quantitative estimate of drug-likeness (QED) is 0.553. The highest BCUT2D eigenvalue weighted by atomic mass is 32.2. The van der Waals surface area contributed by atoms with Crippen molar-refractivity contribution in [1.29, 1.82) is 0 Å². The predicted octanol–water partition coefficient (Wildman–Crippen LogP) is 1.86. The SMILES string of the molecule is Cc1cnc(Nc2cnn(CC(F)F)c2)nc1NC[C@@H]1C[C@H](F)CN1CCS(C)(=O)=O. The molecule has 1 aliphatic rings. The Kier molecular flexibility index (Phi) is 7.36. The number of aromatic nitrogens is 4. The van der Waals surface area contributed by atoms with Crippen molar-refractivity contribution in [1.82, 2.24) is 24.6 Å². The Balaban J connectivity index is 1.61. The molecule has 0 aliphatic carbocycles. The third kappa shape index (κ3) is 7.06. The van der Waals surface area contributed by atoms with Crippen molar-refractivity contribution in [2.45, 2.75) is 38.5 Å². The predicted molar refractivity (Wildman–Crippen MR) is 111 cm³/mol. The van der Waals surface area contributed by atoms with Gasteiger partial charge < -0.3 is 10.6 Å². The molecule has 0 unspecified atom stereocenters. The number of nitrogens with one attached hydrogen (secondary N) is 2. The molecule has 0 saturated carbocycles. The summed E-state index contributed by atoms with van der Waals surface area (Å²) < 4.78 is 62.8. The van der Waals surface area contributed by atoms with Crippen molar-refractivity contribution in [2.75, 3.05) is 42.3 Å². The molecule has 0 spiro atoms. The van der Waals surface area contributed by atoms with E-state index in [1.54, 1.807) is 6.20 Å². The maximum atomic E-state index is 13.9. The Hall–Kier alpha value is -2.41. The molecule has 2 atom stereocenters. The highest BCUT2D eigenvalue weighted by molar-refractivity contribution is 7.90. The van der Waals surface area contributed by atoms with Crippen LogP contribution in [0.2, 0.25) is 0 Å². The fraction of sp³-hybridized carbons (Fsp3) is 0.611. The second-order valence-electron chi connectivity index (χ2n) is 7.68. The Bertz CT molecular complexity index is 986. The molecule has 2 aromatic rings. The fourth-order valence-electron chi connectivity index (χ4n) is 3.39. The largest absolute Gasteiger partial charge is 0.368 e. The van der Waals surface area contributed by atoms with E-state index in [0.717, 1.165) is 10.2 Å². The number of nitrogens with zero attached hydrogens (tertiary/aromatic N) is 5.